The van der Waals surface area contributed by atoms with Gasteiger partial charge in [-0.2, -0.15) is 0 Å². The lowest BCUT2D eigenvalue weighted by molar-refractivity contribution is 0.407. The Kier molecular flexibility index (Phi) is 4.82. The molecule has 0 saturated heterocycles. The Labute approximate surface area is 105 Å². The van der Waals surface area contributed by atoms with E-state index < -0.39 is 0 Å². The van der Waals surface area contributed by atoms with Crippen molar-refractivity contribution < 1.29 is 4.74 Å². The lowest BCUT2D eigenvalue weighted by Gasteiger charge is -2.24. The maximum absolute atomic E-state index is 5.45. The summed E-state index contributed by atoms with van der Waals surface area (Å²) >= 11 is 0. The first-order chi connectivity index (χ1) is 8.01. The summed E-state index contributed by atoms with van der Waals surface area (Å²) in [5.41, 5.74) is 3.75. The van der Waals surface area contributed by atoms with Crippen LogP contribution < -0.4 is 15.0 Å². The molecule has 0 aliphatic heterocycles. The highest BCUT2D eigenvalue weighted by Gasteiger charge is 2.13. The first kappa shape index (κ1) is 13.8. The van der Waals surface area contributed by atoms with Gasteiger partial charge in [-0.3, -0.25) is 0 Å². The fraction of sp³-hybridized carbons (Fsp3) is 0.571. The van der Waals surface area contributed by atoms with Gasteiger partial charge in [0.05, 0.1) is 13.8 Å². The van der Waals surface area contributed by atoms with E-state index >= 15 is 0 Å². The first-order valence-electron chi connectivity index (χ1n) is 6.05. The third kappa shape index (κ3) is 3.13. The molecule has 96 valence electrons. The number of ether oxygens (including phenoxy) is 1. The molecule has 0 unspecified atom stereocenters. The smallest absolute Gasteiger partial charge is 0.122 e. The maximum atomic E-state index is 5.45. The molecular formula is C14H24N2O. The van der Waals surface area contributed by atoms with Gasteiger partial charge in [0.15, 0.2) is 0 Å². The van der Waals surface area contributed by atoms with Crippen molar-refractivity contribution in [1.29, 1.82) is 0 Å². The highest BCUT2D eigenvalue weighted by molar-refractivity contribution is 5.59. The summed E-state index contributed by atoms with van der Waals surface area (Å²) in [6.45, 7) is 7.34. The van der Waals surface area contributed by atoms with Crippen LogP contribution in [0.1, 0.15) is 30.9 Å². The average molecular weight is 236 g/mol. The Morgan fingerprint density at radius 1 is 1.35 bits per heavy atom. The zero-order valence-electron chi connectivity index (χ0n) is 11.8. The number of rotatable bonds is 5. The molecule has 17 heavy (non-hydrogen) atoms. The Morgan fingerprint density at radius 3 is 2.47 bits per heavy atom. The summed E-state index contributed by atoms with van der Waals surface area (Å²) in [7, 11) is 5.78. The first-order valence-corrected chi connectivity index (χ1v) is 6.05. The Balaban J connectivity index is 3.19. The number of nitrogens with one attached hydrogen (secondary N) is 1. The van der Waals surface area contributed by atoms with E-state index in [-0.39, 0.29) is 0 Å². The van der Waals surface area contributed by atoms with Gasteiger partial charge in [0.25, 0.3) is 0 Å². The Bertz CT molecular complexity index is 375. The predicted molar refractivity (Wildman–Crippen MR) is 74.1 cm³/mol. The zero-order chi connectivity index (χ0) is 13.0. The van der Waals surface area contributed by atoms with Crippen LogP contribution in [0.25, 0.3) is 0 Å². The number of benzene rings is 1. The van der Waals surface area contributed by atoms with Gasteiger partial charge >= 0.3 is 0 Å². The summed E-state index contributed by atoms with van der Waals surface area (Å²) < 4.78 is 5.45. The van der Waals surface area contributed by atoms with Crippen LogP contribution in [-0.2, 0) is 0 Å². The standard InChI is InChI=1S/C14H24N2O/c1-10(2)12-8-13(16(5)9-15-4)11(3)7-14(12)17-6/h7-8,10,15H,9H2,1-6H3. The van der Waals surface area contributed by atoms with Crippen LogP contribution in [0.3, 0.4) is 0 Å². The molecule has 0 heterocycles. The number of hydrogen-bond acceptors (Lipinski definition) is 3. The Hall–Kier alpha value is -1.22. The van der Waals surface area contributed by atoms with Gasteiger partial charge in [0.1, 0.15) is 5.75 Å². The highest BCUT2D eigenvalue weighted by atomic mass is 16.5. The Morgan fingerprint density at radius 2 is 2.00 bits per heavy atom. The van der Waals surface area contributed by atoms with Gasteiger partial charge in [-0.25, -0.2) is 0 Å². The molecule has 3 heteroatoms. The second kappa shape index (κ2) is 5.92. The number of nitrogens with zero attached hydrogens (tertiary/aromatic N) is 1. The van der Waals surface area contributed by atoms with Crippen molar-refractivity contribution in [1.82, 2.24) is 5.32 Å². The van der Waals surface area contributed by atoms with E-state index in [0.29, 0.717) is 5.92 Å². The summed E-state index contributed by atoms with van der Waals surface area (Å²) in [6.07, 6.45) is 0. The lowest BCUT2D eigenvalue weighted by atomic mass is 9.99. The largest absolute Gasteiger partial charge is 0.496 e. The van der Waals surface area contributed by atoms with E-state index in [9.17, 15) is 0 Å². The minimum absolute atomic E-state index is 0.465. The molecular weight excluding hydrogens is 212 g/mol. The van der Waals surface area contributed by atoms with Crippen LogP contribution in [0.15, 0.2) is 12.1 Å². The van der Waals surface area contributed by atoms with E-state index in [4.69, 9.17) is 4.74 Å². The number of methoxy groups -OCH3 is 1. The van der Waals surface area contributed by atoms with Gasteiger partial charge in [-0.05, 0) is 43.1 Å². The second-order valence-corrected chi connectivity index (χ2v) is 4.74. The van der Waals surface area contributed by atoms with Crippen LogP contribution >= 0.6 is 0 Å². The van der Waals surface area contributed by atoms with Crippen molar-refractivity contribution in [3.63, 3.8) is 0 Å². The van der Waals surface area contributed by atoms with Crippen molar-refractivity contribution >= 4 is 5.69 Å². The van der Waals surface area contributed by atoms with Gasteiger partial charge in [0, 0.05) is 12.7 Å². The van der Waals surface area contributed by atoms with Crippen LogP contribution in [0.2, 0.25) is 0 Å². The molecule has 0 radical (unpaired) electrons. The fourth-order valence-corrected chi connectivity index (χ4v) is 2.05. The van der Waals surface area contributed by atoms with Crippen LogP contribution in [-0.4, -0.2) is 27.9 Å². The topological polar surface area (TPSA) is 24.5 Å². The fourth-order valence-electron chi connectivity index (χ4n) is 2.05. The molecule has 1 N–H and O–H groups in total. The summed E-state index contributed by atoms with van der Waals surface area (Å²) in [6, 6.07) is 4.35. The molecule has 1 aromatic carbocycles. The van der Waals surface area contributed by atoms with Crippen LogP contribution in [0.5, 0.6) is 5.75 Å². The van der Waals surface area contributed by atoms with Crippen molar-refractivity contribution in [2.75, 3.05) is 32.8 Å². The average Bonchev–Trinajstić information content (AvgIpc) is 2.28. The minimum Gasteiger partial charge on any atom is -0.496 e. The molecule has 0 aromatic heterocycles. The van der Waals surface area contributed by atoms with Crippen molar-refractivity contribution in [2.45, 2.75) is 26.7 Å². The van der Waals surface area contributed by atoms with E-state index in [0.717, 1.165) is 12.4 Å². The normalized spacial score (nSPS) is 10.8. The van der Waals surface area contributed by atoms with Gasteiger partial charge in [0.2, 0.25) is 0 Å². The molecule has 0 atom stereocenters. The minimum atomic E-state index is 0.465. The molecule has 0 spiro atoms. The monoisotopic (exact) mass is 236 g/mol. The molecule has 1 rings (SSSR count). The van der Waals surface area contributed by atoms with Gasteiger partial charge in [-0.15, -0.1) is 0 Å². The lowest BCUT2D eigenvalue weighted by Crippen LogP contribution is -2.28. The summed E-state index contributed by atoms with van der Waals surface area (Å²) in [5.74, 6) is 1.45. The quantitative estimate of drug-likeness (QED) is 0.796. The molecule has 0 aliphatic rings. The van der Waals surface area contributed by atoms with Crippen molar-refractivity contribution in [2.24, 2.45) is 0 Å². The van der Waals surface area contributed by atoms with Gasteiger partial charge < -0.3 is 15.0 Å². The number of aryl methyl sites for hydroxylation is 1. The van der Waals surface area contributed by atoms with E-state index in [2.05, 4.69) is 50.2 Å². The van der Waals surface area contributed by atoms with E-state index in [1.165, 1.54) is 16.8 Å². The predicted octanol–water partition coefficient (Wildman–Crippen LogP) is 2.74. The molecule has 0 saturated carbocycles. The maximum Gasteiger partial charge on any atom is 0.122 e. The third-order valence-electron chi connectivity index (χ3n) is 2.98. The third-order valence-corrected chi connectivity index (χ3v) is 2.98. The highest BCUT2D eigenvalue weighted by Crippen LogP contribution is 2.33. The molecule has 3 nitrogen and oxygen atoms in total. The van der Waals surface area contributed by atoms with Crippen molar-refractivity contribution in [3.05, 3.63) is 23.3 Å². The van der Waals surface area contributed by atoms with Gasteiger partial charge in [-0.1, -0.05) is 13.8 Å². The number of anilines is 1. The molecule has 0 fully saturated rings. The van der Waals surface area contributed by atoms with Crippen LogP contribution in [0.4, 0.5) is 5.69 Å². The van der Waals surface area contributed by atoms with Crippen LogP contribution in [0, 0.1) is 6.92 Å². The SMILES string of the molecule is CNCN(C)c1cc(C(C)C)c(OC)cc1C. The zero-order valence-corrected chi connectivity index (χ0v) is 11.8. The van der Waals surface area contributed by atoms with Crippen molar-refractivity contribution in [3.8, 4) is 5.75 Å². The second-order valence-electron chi connectivity index (χ2n) is 4.74. The molecule has 0 amide bonds. The molecule has 0 bridgehead atoms. The summed E-state index contributed by atoms with van der Waals surface area (Å²) in [5, 5.41) is 3.17. The summed E-state index contributed by atoms with van der Waals surface area (Å²) in [4.78, 5) is 2.21. The van der Waals surface area contributed by atoms with E-state index in [1.54, 1.807) is 7.11 Å². The molecule has 0 aliphatic carbocycles. The number of hydrogen-bond donors (Lipinski definition) is 1. The van der Waals surface area contributed by atoms with E-state index in [1.807, 2.05) is 7.05 Å². The molecule has 1 aromatic rings.